The van der Waals surface area contributed by atoms with Crippen LogP contribution in [0.15, 0.2) is 30.5 Å². The fraction of sp³-hybridized carbons (Fsp3) is 0.308. The Morgan fingerprint density at radius 2 is 2.06 bits per heavy atom. The van der Waals surface area contributed by atoms with E-state index in [4.69, 9.17) is 11.6 Å². The molecule has 2 aromatic rings. The molecule has 1 aromatic carbocycles. The molecule has 2 heterocycles. The van der Waals surface area contributed by atoms with Crippen molar-refractivity contribution in [1.82, 2.24) is 15.3 Å². The first-order valence-corrected chi connectivity index (χ1v) is 6.25. The zero-order chi connectivity index (χ0) is 11.7. The molecule has 2 N–H and O–H groups in total. The molecule has 1 atom stereocenters. The Morgan fingerprint density at radius 3 is 2.76 bits per heavy atom. The third kappa shape index (κ3) is 2.21. The summed E-state index contributed by atoms with van der Waals surface area (Å²) in [6.45, 7) is 1.08. The van der Waals surface area contributed by atoms with Crippen LogP contribution in [0.2, 0.25) is 5.02 Å². The van der Waals surface area contributed by atoms with Gasteiger partial charge in [0, 0.05) is 5.02 Å². The number of H-pyrrole nitrogens is 1. The van der Waals surface area contributed by atoms with Crippen LogP contribution in [0, 0.1) is 0 Å². The molecule has 1 aliphatic rings. The first-order valence-electron chi connectivity index (χ1n) is 5.87. The van der Waals surface area contributed by atoms with Crippen LogP contribution in [0.1, 0.15) is 24.7 Å². The van der Waals surface area contributed by atoms with Crippen LogP contribution in [0.5, 0.6) is 0 Å². The van der Waals surface area contributed by atoms with Gasteiger partial charge in [-0.1, -0.05) is 23.7 Å². The maximum Gasteiger partial charge on any atom is 0.123 e. The number of imidazole rings is 1. The van der Waals surface area contributed by atoms with Gasteiger partial charge in [-0.05, 0) is 37.1 Å². The molecule has 0 unspecified atom stereocenters. The molecule has 0 saturated carbocycles. The van der Waals surface area contributed by atoms with E-state index in [0.717, 1.165) is 35.1 Å². The highest BCUT2D eigenvalue weighted by Crippen LogP contribution is 2.24. The Balaban J connectivity index is 1.86. The molecule has 1 fully saturated rings. The summed E-state index contributed by atoms with van der Waals surface area (Å²) in [4.78, 5) is 7.82. The first kappa shape index (κ1) is 10.8. The maximum absolute atomic E-state index is 5.87. The van der Waals surface area contributed by atoms with Crippen molar-refractivity contribution >= 4 is 11.6 Å². The van der Waals surface area contributed by atoms with Gasteiger partial charge in [0.2, 0.25) is 0 Å². The summed E-state index contributed by atoms with van der Waals surface area (Å²) in [5.41, 5.74) is 2.16. The van der Waals surface area contributed by atoms with E-state index < -0.39 is 0 Å². The number of rotatable bonds is 2. The van der Waals surface area contributed by atoms with Crippen LogP contribution in [0.3, 0.4) is 0 Å². The molecule has 1 aliphatic heterocycles. The van der Waals surface area contributed by atoms with Crippen molar-refractivity contribution in [2.45, 2.75) is 18.9 Å². The van der Waals surface area contributed by atoms with Crippen LogP contribution in [-0.4, -0.2) is 16.5 Å². The second kappa shape index (κ2) is 4.51. The van der Waals surface area contributed by atoms with Crippen LogP contribution in [0.4, 0.5) is 0 Å². The summed E-state index contributed by atoms with van der Waals surface area (Å²) in [5, 5.41) is 4.19. The lowest BCUT2D eigenvalue weighted by Crippen LogP contribution is -2.14. The smallest absolute Gasteiger partial charge is 0.123 e. The van der Waals surface area contributed by atoms with Gasteiger partial charge in [-0.3, -0.25) is 0 Å². The van der Waals surface area contributed by atoms with Crippen molar-refractivity contribution in [3.8, 4) is 11.3 Å². The minimum atomic E-state index is 0.385. The number of nitrogens with one attached hydrogen (secondary N) is 2. The van der Waals surface area contributed by atoms with Crippen molar-refractivity contribution in [1.29, 1.82) is 0 Å². The summed E-state index contributed by atoms with van der Waals surface area (Å²) >= 11 is 5.87. The van der Waals surface area contributed by atoms with Crippen LogP contribution in [0.25, 0.3) is 11.3 Å². The molecule has 4 heteroatoms. The lowest BCUT2D eigenvalue weighted by Gasteiger charge is -2.05. The van der Waals surface area contributed by atoms with Gasteiger partial charge >= 0.3 is 0 Å². The molecular weight excluding hydrogens is 234 g/mol. The number of hydrogen-bond acceptors (Lipinski definition) is 2. The van der Waals surface area contributed by atoms with Crippen LogP contribution < -0.4 is 5.32 Å². The van der Waals surface area contributed by atoms with E-state index in [2.05, 4.69) is 15.3 Å². The van der Waals surface area contributed by atoms with Crippen molar-refractivity contribution in [2.75, 3.05) is 6.54 Å². The SMILES string of the molecule is Clc1ccc(-c2cnc([C@H]3CCCN3)[nH]2)cc1. The highest BCUT2D eigenvalue weighted by Gasteiger charge is 2.19. The molecule has 88 valence electrons. The number of aromatic amines is 1. The molecule has 0 radical (unpaired) electrons. The van der Waals surface area contributed by atoms with E-state index in [1.807, 2.05) is 30.5 Å². The average molecular weight is 248 g/mol. The highest BCUT2D eigenvalue weighted by molar-refractivity contribution is 6.30. The second-order valence-electron chi connectivity index (χ2n) is 4.34. The maximum atomic E-state index is 5.87. The Morgan fingerprint density at radius 1 is 1.24 bits per heavy atom. The van der Waals surface area contributed by atoms with E-state index in [9.17, 15) is 0 Å². The standard InChI is InChI=1S/C13H14ClN3/c14-10-5-3-9(4-6-10)12-8-16-13(17-12)11-2-1-7-15-11/h3-6,8,11,15H,1-2,7H2,(H,16,17)/t11-/m1/s1. The summed E-state index contributed by atoms with van der Waals surface area (Å²) in [5.74, 6) is 1.03. The predicted octanol–water partition coefficient (Wildman–Crippen LogP) is 3.15. The zero-order valence-corrected chi connectivity index (χ0v) is 10.2. The molecule has 0 amide bonds. The van der Waals surface area contributed by atoms with Gasteiger partial charge in [0.15, 0.2) is 0 Å². The van der Waals surface area contributed by atoms with Gasteiger partial charge in [-0.15, -0.1) is 0 Å². The van der Waals surface area contributed by atoms with Gasteiger partial charge in [0.05, 0.1) is 17.9 Å². The molecule has 17 heavy (non-hydrogen) atoms. The van der Waals surface area contributed by atoms with Gasteiger partial charge in [-0.2, -0.15) is 0 Å². The first-order chi connectivity index (χ1) is 8.33. The largest absolute Gasteiger partial charge is 0.341 e. The Kier molecular flexibility index (Phi) is 2.87. The quantitative estimate of drug-likeness (QED) is 0.856. The van der Waals surface area contributed by atoms with Gasteiger partial charge in [-0.25, -0.2) is 4.98 Å². The minimum Gasteiger partial charge on any atom is -0.341 e. The summed E-state index contributed by atoms with van der Waals surface area (Å²) < 4.78 is 0. The molecule has 0 bridgehead atoms. The van der Waals surface area contributed by atoms with Crippen molar-refractivity contribution in [3.05, 3.63) is 41.3 Å². The van der Waals surface area contributed by atoms with E-state index in [0.29, 0.717) is 6.04 Å². The van der Waals surface area contributed by atoms with E-state index >= 15 is 0 Å². The molecule has 1 aromatic heterocycles. The molecule has 3 nitrogen and oxygen atoms in total. The van der Waals surface area contributed by atoms with Crippen molar-refractivity contribution in [3.63, 3.8) is 0 Å². The minimum absolute atomic E-state index is 0.385. The topological polar surface area (TPSA) is 40.7 Å². The second-order valence-corrected chi connectivity index (χ2v) is 4.77. The van der Waals surface area contributed by atoms with E-state index in [1.165, 1.54) is 6.42 Å². The lowest BCUT2D eigenvalue weighted by atomic mass is 10.2. The molecular formula is C13H14ClN3. The third-order valence-corrected chi connectivity index (χ3v) is 3.39. The third-order valence-electron chi connectivity index (χ3n) is 3.14. The Labute approximate surface area is 105 Å². The predicted molar refractivity (Wildman–Crippen MR) is 69.0 cm³/mol. The number of benzene rings is 1. The molecule has 3 rings (SSSR count). The zero-order valence-electron chi connectivity index (χ0n) is 9.41. The fourth-order valence-corrected chi connectivity index (χ4v) is 2.33. The van der Waals surface area contributed by atoms with Crippen LogP contribution >= 0.6 is 11.6 Å². The number of hydrogen-bond donors (Lipinski definition) is 2. The molecule has 1 saturated heterocycles. The van der Waals surface area contributed by atoms with Gasteiger partial charge in [0.25, 0.3) is 0 Å². The lowest BCUT2D eigenvalue weighted by molar-refractivity contribution is 0.613. The highest BCUT2D eigenvalue weighted by atomic mass is 35.5. The van der Waals surface area contributed by atoms with E-state index in [1.54, 1.807) is 0 Å². The average Bonchev–Trinajstić information content (AvgIpc) is 3.00. The van der Waals surface area contributed by atoms with Crippen molar-refractivity contribution < 1.29 is 0 Å². The number of aromatic nitrogens is 2. The van der Waals surface area contributed by atoms with Crippen molar-refractivity contribution in [2.24, 2.45) is 0 Å². The van der Waals surface area contributed by atoms with Gasteiger partial charge < -0.3 is 10.3 Å². The van der Waals surface area contributed by atoms with Gasteiger partial charge in [0.1, 0.15) is 5.82 Å². The Bertz CT molecular complexity index is 498. The normalized spacial score (nSPS) is 19.7. The monoisotopic (exact) mass is 247 g/mol. The van der Waals surface area contributed by atoms with Crippen LogP contribution in [-0.2, 0) is 0 Å². The van der Waals surface area contributed by atoms with E-state index in [-0.39, 0.29) is 0 Å². The molecule has 0 aliphatic carbocycles. The summed E-state index contributed by atoms with van der Waals surface area (Å²) in [6.07, 6.45) is 4.27. The summed E-state index contributed by atoms with van der Waals surface area (Å²) in [7, 11) is 0. The molecule has 0 spiro atoms. The number of halogens is 1. The Hall–Kier alpha value is -1.32. The number of nitrogens with zero attached hydrogens (tertiary/aromatic N) is 1. The summed E-state index contributed by atoms with van der Waals surface area (Å²) in [6, 6.07) is 8.18. The fourth-order valence-electron chi connectivity index (χ4n) is 2.21.